The third-order valence-electron chi connectivity index (χ3n) is 4.69. The van der Waals surface area contributed by atoms with Gasteiger partial charge in [0, 0.05) is 22.8 Å². The number of esters is 1. The lowest BCUT2D eigenvalue weighted by molar-refractivity contribution is -0.160. The average Bonchev–Trinajstić information content (AvgIpc) is 2.63. The number of amides is 2. The number of piperidine rings is 1. The summed E-state index contributed by atoms with van der Waals surface area (Å²) in [5.74, 6) is -0.752. The first kappa shape index (κ1) is 22.6. The van der Waals surface area contributed by atoms with Crippen LogP contribution in [0.3, 0.4) is 0 Å². The predicted molar refractivity (Wildman–Crippen MR) is 113 cm³/mol. The largest absolute Gasteiger partial charge is 0.452 e. The monoisotopic (exact) mass is 426 g/mol. The maximum absolute atomic E-state index is 12.6. The highest BCUT2D eigenvalue weighted by Crippen LogP contribution is 2.23. The van der Waals surface area contributed by atoms with E-state index in [-0.39, 0.29) is 35.4 Å². The highest BCUT2D eigenvalue weighted by Gasteiger charge is 2.33. The lowest BCUT2D eigenvalue weighted by atomic mass is 9.97. The SMILES string of the molecule is C[C@H](OC(=O)CSCC(=O)Nc1ccc(Cl)cc1)C(=O)N1[C@H](C)CCC[C@H]1C. The Bertz CT molecular complexity index is 688. The fourth-order valence-corrected chi connectivity index (χ4v) is 4.02. The third-order valence-corrected chi connectivity index (χ3v) is 5.84. The van der Waals surface area contributed by atoms with E-state index in [1.807, 2.05) is 18.7 Å². The van der Waals surface area contributed by atoms with Gasteiger partial charge in [-0.05, 0) is 64.3 Å². The lowest BCUT2D eigenvalue weighted by Crippen LogP contribution is -2.51. The first-order chi connectivity index (χ1) is 13.3. The van der Waals surface area contributed by atoms with E-state index in [0.717, 1.165) is 31.0 Å². The van der Waals surface area contributed by atoms with Gasteiger partial charge in [-0.25, -0.2) is 0 Å². The zero-order chi connectivity index (χ0) is 20.7. The molecule has 1 aromatic rings. The summed E-state index contributed by atoms with van der Waals surface area (Å²) in [7, 11) is 0. The quantitative estimate of drug-likeness (QED) is 0.672. The maximum Gasteiger partial charge on any atom is 0.316 e. The third kappa shape index (κ3) is 6.71. The molecule has 3 atom stereocenters. The average molecular weight is 427 g/mol. The summed E-state index contributed by atoms with van der Waals surface area (Å²) in [6.07, 6.45) is 2.22. The molecular formula is C20H27ClN2O4S. The van der Waals surface area contributed by atoms with E-state index in [2.05, 4.69) is 5.32 Å². The van der Waals surface area contributed by atoms with E-state index < -0.39 is 12.1 Å². The van der Waals surface area contributed by atoms with Gasteiger partial charge in [0.05, 0.1) is 11.5 Å². The molecular weight excluding hydrogens is 400 g/mol. The standard InChI is InChI=1S/C20H27ClN2O4S/c1-13-5-4-6-14(2)23(13)20(26)15(3)27-19(25)12-28-11-18(24)22-17-9-7-16(21)8-10-17/h7-10,13-15H,4-6,11-12H2,1-3H3,(H,22,24)/t13-,14-,15+/m1/s1. The first-order valence-electron chi connectivity index (χ1n) is 9.42. The van der Waals surface area contributed by atoms with Crippen molar-refractivity contribution in [2.45, 2.75) is 58.2 Å². The molecule has 2 rings (SSSR count). The molecule has 0 unspecified atom stereocenters. The van der Waals surface area contributed by atoms with Crippen LogP contribution in [0.25, 0.3) is 0 Å². The van der Waals surface area contributed by atoms with E-state index >= 15 is 0 Å². The van der Waals surface area contributed by atoms with Crippen LogP contribution >= 0.6 is 23.4 Å². The van der Waals surface area contributed by atoms with Crippen molar-refractivity contribution in [3.05, 3.63) is 29.3 Å². The van der Waals surface area contributed by atoms with Gasteiger partial charge < -0.3 is 15.0 Å². The zero-order valence-electron chi connectivity index (χ0n) is 16.4. The van der Waals surface area contributed by atoms with Crippen LogP contribution in [0.5, 0.6) is 0 Å². The normalized spacial score (nSPS) is 20.4. The minimum atomic E-state index is -0.820. The number of ether oxygens (including phenoxy) is 1. The molecule has 2 amide bonds. The van der Waals surface area contributed by atoms with Gasteiger partial charge in [-0.2, -0.15) is 0 Å². The number of hydrogen-bond donors (Lipinski definition) is 1. The van der Waals surface area contributed by atoms with Gasteiger partial charge in [-0.1, -0.05) is 11.6 Å². The minimum absolute atomic E-state index is 0.0107. The second kappa shape index (κ2) is 10.7. The van der Waals surface area contributed by atoms with Crippen molar-refractivity contribution >= 4 is 46.8 Å². The Hall–Kier alpha value is -1.73. The van der Waals surface area contributed by atoms with E-state index in [1.165, 1.54) is 0 Å². The van der Waals surface area contributed by atoms with Crippen LogP contribution < -0.4 is 5.32 Å². The Kier molecular flexibility index (Phi) is 8.63. The van der Waals surface area contributed by atoms with Gasteiger partial charge in [-0.15, -0.1) is 11.8 Å². The molecule has 0 aliphatic carbocycles. The Morgan fingerprint density at radius 1 is 1.18 bits per heavy atom. The summed E-state index contributed by atoms with van der Waals surface area (Å²) in [5.41, 5.74) is 0.640. The van der Waals surface area contributed by atoms with Crippen molar-refractivity contribution in [2.75, 3.05) is 16.8 Å². The van der Waals surface area contributed by atoms with Gasteiger partial charge in [0.25, 0.3) is 5.91 Å². The number of halogens is 1. The molecule has 1 N–H and O–H groups in total. The van der Waals surface area contributed by atoms with Gasteiger partial charge in [0.15, 0.2) is 6.10 Å². The number of hydrogen-bond acceptors (Lipinski definition) is 5. The van der Waals surface area contributed by atoms with Crippen molar-refractivity contribution in [3.63, 3.8) is 0 Å². The molecule has 0 radical (unpaired) electrons. The molecule has 0 bridgehead atoms. The number of carbonyl (C=O) groups excluding carboxylic acids is 3. The Morgan fingerprint density at radius 3 is 2.39 bits per heavy atom. The second-order valence-corrected chi connectivity index (χ2v) is 8.48. The molecule has 0 spiro atoms. The van der Waals surface area contributed by atoms with Gasteiger partial charge in [0.2, 0.25) is 5.91 Å². The molecule has 28 heavy (non-hydrogen) atoms. The molecule has 0 saturated carbocycles. The maximum atomic E-state index is 12.6. The smallest absolute Gasteiger partial charge is 0.316 e. The summed E-state index contributed by atoms with van der Waals surface area (Å²) < 4.78 is 5.28. The molecule has 8 heteroatoms. The fourth-order valence-electron chi connectivity index (χ4n) is 3.30. The van der Waals surface area contributed by atoms with E-state index in [1.54, 1.807) is 31.2 Å². The van der Waals surface area contributed by atoms with Crippen LogP contribution in [0, 0.1) is 0 Å². The molecule has 1 aromatic carbocycles. The molecule has 1 aliphatic rings. The summed E-state index contributed by atoms with van der Waals surface area (Å²) in [6, 6.07) is 7.09. The van der Waals surface area contributed by atoms with Crippen LogP contribution in [-0.4, -0.2) is 52.4 Å². The molecule has 6 nitrogen and oxygen atoms in total. The topological polar surface area (TPSA) is 75.7 Å². The summed E-state index contributed by atoms with van der Waals surface area (Å²) in [6.45, 7) is 5.65. The molecule has 1 aliphatic heterocycles. The number of rotatable bonds is 7. The van der Waals surface area contributed by atoms with Gasteiger partial charge >= 0.3 is 5.97 Å². The molecule has 0 aromatic heterocycles. The second-order valence-electron chi connectivity index (χ2n) is 7.05. The number of anilines is 1. The highest BCUT2D eigenvalue weighted by atomic mass is 35.5. The van der Waals surface area contributed by atoms with Crippen LogP contribution in [0.1, 0.15) is 40.0 Å². The van der Waals surface area contributed by atoms with Crippen molar-refractivity contribution in [1.29, 1.82) is 0 Å². The van der Waals surface area contributed by atoms with E-state index in [4.69, 9.17) is 16.3 Å². The van der Waals surface area contributed by atoms with E-state index in [9.17, 15) is 14.4 Å². The fraction of sp³-hybridized carbons (Fsp3) is 0.550. The van der Waals surface area contributed by atoms with Crippen molar-refractivity contribution < 1.29 is 19.1 Å². The Balaban J connectivity index is 1.71. The highest BCUT2D eigenvalue weighted by molar-refractivity contribution is 8.00. The van der Waals surface area contributed by atoms with Crippen LogP contribution in [0.4, 0.5) is 5.69 Å². The number of likely N-dealkylation sites (tertiary alicyclic amines) is 1. The molecule has 1 heterocycles. The van der Waals surface area contributed by atoms with Crippen LogP contribution in [0.15, 0.2) is 24.3 Å². The number of nitrogens with zero attached hydrogens (tertiary/aromatic N) is 1. The zero-order valence-corrected chi connectivity index (χ0v) is 18.0. The lowest BCUT2D eigenvalue weighted by Gasteiger charge is -2.40. The molecule has 1 saturated heterocycles. The minimum Gasteiger partial charge on any atom is -0.452 e. The summed E-state index contributed by atoms with van der Waals surface area (Å²) in [4.78, 5) is 38.4. The Labute approximate surface area is 175 Å². The number of benzene rings is 1. The molecule has 1 fully saturated rings. The van der Waals surface area contributed by atoms with Crippen LogP contribution in [0.2, 0.25) is 5.02 Å². The summed E-state index contributed by atoms with van der Waals surface area (Å²) in [5, 5.41) is 3.31. The number of thioether (sulfide) groups is 1. The van der Waals surface area contributed by atoms with Gasteiger partial charge in [-0.3, -0.25) is 14.4 Å². The number of carbonyl (C=O) groups is 3. The molecule has 154 valence electrons. The first-order valence-corrected chi connectivity index (χ1v) is 11.0. The summed E-state index contributed by atoms with van der Waals surface area (Å²) >= 11 is 6.95. The van der Waals surface area contributed by atoms with Gasteiger partial charge in [0.1, 0.15) is 0 Å². The predicted octanol–water partition coefficient (Wildman–Crippen LogP) is 3.73. The number of nitrogens with one attached hydrogen (secondary N) is 1. The Morgan fingerprint density at radius 2 is 1.79 bits per heavy atom. The van der Waals surface area contributed by atoms with Crippen molar-refractivity contribution in [1.82, 2.24) is 4.90 Å². The van der Waals surface area contributed by atoms with Crippen molar-refractivity contribution in [3.8, 4) is 0 Å². The van der Waals surface area contributed by atoms with E-state index in [0.29, 0.717) is 10.7 Å². The van der Waals surface area contributed by atoms with Crippen LogP contribution in [-0.2, 0) is 19.1 Å². The van der Waals surface area contributed by atoms with Crippen molar-refractivity contribution in [2.24, 2.45) is 0 Å².